The Morgan fingerprint density at radius 1 is 1.00 bits per heavy atom. The molecule has 166 valence electrons. The predicted octanol–water partition coefficient (Wildman–Crippen LogP) is 6.89. The molecule has 32 heavy (non-hydrogen) atoms. The number of aromatic nitrogens is 3. The van der Waals surface area contributed by atoms with Crippen LogP contribution in [-0.2, 0) is 0 Å². The number of rotatable bonds is 3. The maximum Gasteiger partial charge on any atom is 0.147 e. The fraction of sp³-hybridized carbons (Fsp3) is 0.407. The van der Waals surface area contributed by atoms with Gasteiger partial charge in [0.1, 0.15) is 11.6 Å². The molecule has 0 atom stereocenters. The first kappa shape index (κ1) is 20.9. The third-order valence-electron chi connectivity index (χ3n) is 6.90. The van der Waals surface area contributed by atoms with Crippen molar-refractivity contribution in [2.45, 2.75) is 65.3 Å². The molecule has 1 aliphatic heterocycles. The molecule has 0 N–H and O–H groups in total. The molecule has 1 aliphatic rings. The lowest BCUT2D eigenvalue weighted by atomic mass is 9.89. The average Bonchev–Trinajstić information content (AvgIpc) is 3.11. The van der Waals surface area contributed by atoms with Gasteiger partial charge >= 0.3 is 0 Å². The second kappa shape index (κ2) is 7.58. The van der Waals surface area contributed by atoms with E-state index in [0.29, 0.717) is 5.69 Å². The number of piperidine rings is 1. The van der Waals surface area contributed by atoms with Crippen LogP contribution in [0.15, 0.2) is 42.6 Å². The van der Waals surface area contributed by atoms with Crippen molar-refractivity contribution in [1.82, 2.24) is 14.4 Å². The molecule has 0 amide bonds. The number of halogens is 1. The van der Waals surface area contributed by atoms with Crippen LogP contribution in [0.4, 0.5) is 10.1 Å². The van der Waals surface area contributed by atoms with Gasteiger partial charge in [-0.3, -0.25) is 9.38 Å². The van der Waals surface area contributed by atoms with E-state index < -0.39 is 0 Å². The lowest BCUT2D eigenvalue weighted by Crippen LogP contribution is -2.48. The van der Waals surface area contributed by atoms with Crippen LogP contribution in [0.3, 0.4) is 0 Å². The summed E-state index contributed by atoms with van der Waals surface area (Å²) in [5, 5.41) is 0. The molecule has 0 bridgehead atoms. The number of hydrogen-bond donors (Lipinski definition) is 0. The summed E-state index contributed by atoms with van der Waals surface area (Å²) in [5.74, 6) is 1.15. The highest BCUT2D eigenvalue weighted by atomic mass is 19.1. The number of hydrogen-bond acceptors (Lipinski definition) is 3. The van der Waals surface area contributed by atoms with Crippen LogP contribution in [0.5, 0.6) is 0 Å². The van der Waals surface area contributed by atoms with Crippen molar-refractivity contribution in [1.29, 1.82) is 0 Å². The molecule has 4 aromatic rings. The molecule has 0 aliphatic carbocycles. The Kier molecular flexibility index (Phi) is 4.95. The summed E-state index contributed by atoms with van der Waals surface area (Å²) in [6.45, 7) is 11.7. The normalized spacial score (nSPS) is 16.4. The van der Waals surface area contributed by atoms with E-state index in [1.165, 1.54) is 6.42 Å². The fourth-order valence-corrected chi connectivity index (χ4v) is 5.09. The standard InChI is InChI=1S/C27H31FN4/c1-17(2)26-30-18(3)25-16-29-22-10-8-20(15-24(22)32(25)26)19-9-11-23(21(28)14-19)31-13-7-6-12-27(31,4)5/h8-11,14-17H,6-7,12-13H2,1-5H3. The third-order valence-corrected chi connectivity index (χ3v) is 6.90. The van der Waals surface area contributed by atoms with Gasteiger partial charge in [-0.25, -0.2) is 9.37 Å². The maximum absolute atomic E-state index is 15.3. The molecular formula is C27H31FN4. The van der Waals surface area contributed by atoms with E-state index in [9.17, 15) is 0 Å². The van der Waals surface area contributed by atoms with E-state index in [1.807, 2.05) is 37.4 Å². The molecule has 5 heteroatoms. The number of aryl methyl sites for hydroxylation is 1. The lowest BCUT2D eigenvalue weighted by molar-refractivity contribution is 0.357. The van der Waals surface area contributed by atoms with Crippen molar-refractivity contribution in [3.8, 4) is 11.1 Å². The zero-order valence-corrected chi connectivity index (χ0v) is 19.6. The van der Waals surface area contributed by atoms with Crippen LogP contribution in [0, 0.1) is 12.7 Å². The van der Waals surface area contributed by atoms with Gasteiger partial charge in [0.05, 0.1) is 34.1 Å². The van der Waals surface area contributed by atoms with Gasteiger partial charge in [0.25, 0.3) is 0 Å². The molecule has 0 saturated carbocycles. The lowest BCUT2D eigenvalue weighted by Gasteiger charge is -2.44. The number of anilines is 1. The number of fused-ring (bicyclic) bond motifs is 3. The minimum atomic E-state index is -0.157. The molecule has 5 rings (SSSR count). The summed E-state index contributed by atoms with van der Waals surface area (Å²) in [6.07, 6.45) is 5.30. The Hall–Kier alpha value is -2.95. The molecule has 1 saturated heterocycles. The maximum atomic E-state index is 15.3. The van der Waals surface area contributed by atoms with Gasteiger partial charge < -0.3 is 4.90 Å². The zero-order chi connectivity index (χ0) is 22.6. The van der Waals surface area contributed by atoms with Crippen LogP contribution in [0.1, 0.15) is 64.4 Å². The summed E-state index contributed by atoms with van der Waals surface area (Å²) in [7, 11) is 0. The van der Waals surface area contributed by atoms with Crippen molar-refractivity contribution >= 4 is 22.2 Å². The van der Waals surface area contributed by atoms with Crippen LogP contribution < -0.4 is 4.90 Å². The predicted molar refractivity (Wildman–Crippen MR) is 130 cm³/mol. The monoisotopic (exact) mass is 430 g/mol. The largest absolute Gasteiger partial charge is 0.364 e. The molecule has 0 radical (unpaired) electrons. The van der Waals surface area contributed by atoms with Crippen molar-refractivity contribution in [2.24, 2.45) is 0 Å². The van der Waals surface area contributed by atoms with Crippen LogP contribution >= 0.6 is 0 Å². The van der Waals surface area contributed by atoms with E-state index in [-0.39, 0.29) is 17.3 Å². The van der Waals surface area contributed by atoms with Crippen molar-refractivity contribution in [3.63, 3.8) is 0 Å². The highest BCUT2D eigenvalue weighted by Gasteiger charge is 2.31. The topological polar surface area (TPSA) is 33.4 Å². The van der Waals surface area contributed by atoms with Gasteiger partial charge in [0.2, 0.25) is 0 Å². The van der Waals surface area contributed by atoms with Crippen LogP contribution in [0.2, 0.25) is 0 Å². The molecule has 0 spiro atoms. The van der Waals surface area contributed by atoms with Crippen LogP contribution in [-0.4, -0.2) is 26.5 Å². The number of nitrogens with zero attached hydrogens (tertiary/aromatic N) is 4. The molecule has 0 unspecified atom stereocenters. The Labute approximate surface area is 189 Å². The summed E-state index contributed by atoms with van der Waals surface area (Å²) in [6, 6.07) is 11.8. The molecule has 2 aromatic heterocycles. The Balaban J connectivity index is 1.62. The first-order chi connectivity index (χ1) is 15.3. The first-order valence-electron chi connectivity index (χ1n) is 11.6. The zero-order valence-electron chi connectivity index (χ0n) is 19.6. The van der Waals surface area contributed by atoms with Crippen LogP contribution in [0.25, 0.3) is 27.7 Å². The van der Waals surface area contributed by atoms with Crippen molar-refractivity contribution < 1.29 is 4.39 Å². The second-order valence-corrected chi connectivity index (χ2v) is 9.98. The highest BCUT2D eigenvalue weighted by molar-refractivity contribution is 5.85. The minimum absolute atomic E-state index is 0.0205. The van der Waals surface area contributed by atoms with Crippen molar-refractivity contribution in [2.75, 3.05) is 11.4 Å². The van der Waals surface area contributed by atoms with E-state index in [0.717, 1.165) is 58.6 Å². The fourth-order valence-electron chi connectivity index (χ4n) is 5.09. The third kappa shape index (κ3) is 3.35. The Morgan fingerprint density at radius 3 is 2.47 bits per heavy atom. The summed E-state index contributed by atoms with van der Waals surface area (Å²) < 4.78 is 17.5. The summed E-state index contributed by atoms with van der Waals surface area (Å²) >= 11 is 0. The Bertz CT molecular complexity index is 1320. The number of benzene rings is 2. The minimum Gasteiger partial charge on any atom is -0.364 e. The van der Waals surface area contributed by atoms with E-state index in [2.05, 4.69) is 48.0 Å². The van der Waals surface area contributed by atoms with Gasteiger partial charge in [-0.2, -0.15) is 0 Å². The van der Waals surface area contributed by atoms with E-state index >= 15 is 4.39 Å². The van der Waals surface area contributed by atoms with E-state index in [4.69, 9.17) is 4.98 Å². The highest BCUT2D eigenvalue weighted by Crippen LogP contribution is 2.36. The summed E-state index contributed by atoms with van der Waals surface area (Å²) in [4.78, 5) is 11.7. The van der Waals surface area contributed by atoms with Gasteiger partial charge in [-0.05, 0) is 75.4 Å². The SMILES string of the molecule is Cc1nc(C(C)C)n2c1cnc1ccc(-c3ccc(N4CCCCC4(C)C)c(F)c3)cc12. The first-order valence-corrected chi connectivity index (χ1v) is 11.6. The quantitative estimate of drug-likeness (QED) is 0.355. The molecule has 3 heterocycles. The second-order valence-electron chi connectivity index (χ2n) is 9.98. The average molecular weight is 431 g/mol. The van der Waals surface area contributed by atoms with Gasteiger partial charge in [0, 0.05) is 18.0 Å². The molecule has 4 nitrogen and oxygen atoms in total. The van der Waals surface area contributed by atoms with Gasteiger partial charge in [0.15, 0.2) is 0 Å². The summed E-state index contributed by atoms with van der Waals surface area (Å²) in [5.41, 5.74) is 6.46. The Morgan fingerprint density at radius 2 is 1.75 bits per heavy atom. The molecule has 2 aromatic carbocycles. The van der Waals surface area contributed by atoms with Gasteiger partial charge in [-0.15, -0.1) is 0 Å². The molecule has 1 fully saturated rings. The smallest absolute Gasteiger partial charge is 0.147 e. The van der Waals surface area contributed by atoms with Gasteiger partial charge in [-0.1, -0.05) is 26.0 Å². The van der Waals surface area contributed by atoms with Crippen molar-refractivity contribution in [3.05, 3.63) is 59.9 Å². The number of imidazole rings is 1. The van der Waals surface area contributed by atoms with E-state index in [1.54, 1.807) is 6.07 Å². The molecular weight excluding hydrogens is 399 g/mol.